The topological polar surface area (TPSA) is 59.9 Å². The van der Waals surface area contributed by atoms with Gasteiger partial charge in [0.2, 0.25) is 0 Å². The van der Waals surface area contributed by atoms with E-state index < -0.39 is 11.6 Å². The van der Waals surface area contributed by atoms with Crippen LogP contribution < -0.4 is 15.5 Å². The molecule has 1 saturated carbocycles. The number of hydrogen-bond acceptors (Lipinski definition) is 3. The number of aliphatic imine (C=N–C) groups is 1. The second-order valence-corrected chi connectivity index (χ2v) is 8.81. The van der Waals surface area contributed by atoms with Crippen molar-refractivity contribution in [3.8, 4) is 0 Å². The summed E-state index contributed by atoms with van der Waals surface area (Å²) < 4.78 is 26.7. The summed E-state index contributed by atoms with van der Waals surface area (Å²) in [6, 6.07) is 4.12. The fourth-order valence-corrected chi connectivity index (χ4v) is 4.77. The van der Waals surface area contributed by atoms with Crippen molar-refractivity contribution < 1.29 is 13.9 Å². The molecule has 3 N–H and O–H groups in total. The first-order valence-corrected chi connectivity index (χ1v) is 11.4. The molecule has 1 aliphatic carbocycles. The van der Waals surface area contributed by atoms with Crippen molar-refractivity contribution in [1.82, 2.24) is 10.6 Å². The number of halogens is 3. The molecule has 2 aliphatic rings. The average Bonchev–Trinajstić information content (AvgIpc) is 3.22. The molecule has 3 rings (SSSR count). The number of guanidine groups is 1. The van der Waals surface area contributed by atoms with Crippen molar-refractivity contribution in [3.05, 3.63) is 29.8 Å². The van der Waals surface area contributed by atoms with E-state index in [1.165, 1.54) is 31.4 Å². The van der Waals surface area contributed by atoms with Crippen LogP contribution >= 0.6 is 24.0 Å². The van der Waals surface area contributed by atoms with Gasteiger partial charge < -0.3 is 20.6 Å². The lowest BCUT2D eigenvalue weighted by Gasteiger charge is -2.35. The Morgan fingerprint density at radius 3 is 2.65 bits per heavy atom. The maximum Gasteiger partial charge on any atom is 0.191 e. The van der Waals surface area contributed by atoms with Crippen LogP contribution in [0.2, 0.25) is 0 Å². The van der Waals surface area contributed by atoms with E-state index in [0.29, 0.717) is 5.92 Å². The minimum atomic E-state index is -0.806. The highest BCUT2D eigenvalue weighted by Gasteiger charge is 2.31. The monoisotopic (exact) mass is 550 g/mol. The van der Waals surface area contributed by atoms with E-state index in [9.17, 15) is 13.9 Å². The van der Waals surface area contributed by atoms with E-state index in [0.717, 1.165) is 70.1 Å². The average molecular weight is 550 g/mol. The van der Waals surface area contributed by atoms with Gasteiger partial charge >= 0.3 is 0 Å². The molecular formula is C23H37F2IN4O. The Kier molecular flexibility index (Phi) is 10.7. The largest absolute Gasteiger partial charge is 0.396 e. The summed E-state index contributed by atoms with van der Waals surface area (Å²) in [4.78, 5) is 6.97. The number of nitrogens with one attached hydrogen (secondary N) is 2. The summed E-state index contributed by atoms with van der Waals surface area (Å²) in [6.45, 7) is 6.26. The van der Waals surface area contributed by atoms with Crippen LogP contribution in [-0.2, 0) is 0 Å². The lowest BCUT2D eigenvalue weighted by molar-refractivity contribution is 0.137. The predicted molar refractivity (Wildman–Crippen MR) is 133 cm³/mol. The summed E-state index contributed by atoms with van der Waals surface area (Å²) in [5, 5.41) is 16.3. The highest BCUT2D eigenvalue weighted by atomic mass is 127. The lowest BCUT2D eigenvalue weighted by Crippen LogP contribution is -2.41. The fourth-order valence-electron chi connectivity index (χ4n) is 4.77. The number of nitrogens with zero attached hydrogens (tertiary/aromatic N) is 2. The number of aliphatic hydroxyl groups is 1. The van der Waals surface area contributed by atoms with Gasteiger partial charge in [-0.15, -0.1) is 24.0 Å². The first-order valence-electron chi connectivity index (χ1n) is 11.4. The van der Waals surface area contributed by atoms with Crippen molar-refractivity contribution in [2.24, 2.45) is 16.3 Å². The molecule has 1 heterocycles. The third-order valence-corrected chi connectivity index (χ3v) is 6.59. The molecule has 0 radical (unpaired) electrons. The van der Waals surface area contributed by atoms with Crippen molar-refractivity contribution in [2.75, 3.05) is 44.2 Å². The van der Waals surface area contributed by atoms with Gasteiger partial charge in [0.05, 0.1) is 0 Å². The maximum absolute atomic E-state index is 13.5. The highest BCUT2D eigenvalue weighted by molar-refractivity contribution is 14.0. The van der Waals surface area contributed by atoms with Crippen molar-refractivity contribution in [3.63, 3.8) is 0 Å². The number of anilines is 1. The van der Waals surface area contributed by atoms with Crippen LogP contribution in [0.25, 0.3) is 0 Å². The molecule has 0 amide bonds. The second kappa shape index (κ2) is 12.8. The smallest absolute Gasteiger partial charge is 0.191 e. The highest BCUT2D eigenvalue weighted by Crippen LogP contribution is 2.39. The third-order valence-electron chi connectivity index (χ3n) is 6.59. The minimum Gasteiger partial charge on any atom is -0.396 e. The van der Waals surface area contributed by atoms with Gasteiger partial charge in [0.15, 0.2) is 17.6 Å². The Balaban J connectivity index is 0.00000341. The van der Waals surface area contributed by atoms with Crippen LogP contribution in [0.4, 0.5) is 14.5 Å². The minimum absolute atomic E-state index is 0. The van der Waals surface area contributed by atoms with Gasteiger partial charge in [0.1, 0.15) is 0 Å². The molecule has 1 atom stereocenters. The van der Waals surface area contributed by atoms with E-state index in [1.54, 1.807) is 6.07 Å². The molecule has 5 nitrogen and oxygen atoms in total. The summed E-state index contributed by atoms with van der Waals surface area (Å²) >= 11 is 0. The van der Waals surface area contributed by atoms with Crippen LogP contribution in [0.15, 0.2) is 23.2 Å². The first-order chi connectivity index (χ1) is 14.5. The molecular weight excluding hydrogens is 513 g/mol. The predicted octanol–water partition coefficient (Wildman–Crippen LogP) is 4.30. The van der Waals surface area contributed by atoms with Crippen LogP contribution in [0.5, 0.6) is 0 Å². The Morgan fingerprint density at radius 2 is 1.97 bits per heavy atom. The molecule has 176 valence electrons. The summed E-state index contributed by atoms with van der Waals surface area (Å²) in [6.07, 6.45) is 7.83. The van der Waals surface area contributed by atoms with Crippen LogP contribution in [0.1, 0.15) is 51.9 Å². The number of benzene rings is 1. The fraction of sp³-hybridized carbons (Fsp3) is 0.696. The van der Waals surface area contributed by atoms with Crippen LogP contribution in [0.3, 0.4) is 0 Å². The second-order valence-electron chi connectivity index (χ2n) is 8.81. The zero-order valence-corrected chi connectivity index (χ0v) is 20.8. The molecule has 0 bridgehead atoms. The summed E-state index contributed by atoms with van der Waals surface area (Å²) in [5.41, 5.74) is 0.867. The molecule has 2 fully saturated rings. The van der Waals surface area contributed by atoms with Crippen LogP contribution in [-0.4, -0.2) is 50.4 Å². The molecule has 31 heavy (non-hydrogen) atoms. The van der Waals surface area contributed by atoms with Gasteiger partial charge in [-0.25, -0.2) is 8.78 Å². The number of rotatable bonds is 8. The van der Waals surface area contributed by atoms with E-state index >= 15 is 0 Å². The van der Waals surface area contributed by atoms with Gasteiger partial charge in [-0.3, -0.25) is 4.99 Å². The Morgan fingerprint density at radius 1 is 1.19 bits per heavy atom. The quantitative estimate of drug-likeness (QED) is 0.257. The van der Waals surface area contributed by atoms with E-state index in [4.69, 9.17) is 4.99 Å². The van der Waals surface area contributed by atoms with Gasteiger partial charge in [-0.05, 0) is 56.1 Å². The molecule has 0 aromatic heterocycles. The zero-order valence-electron chi connectivity index (χ0n) is 18.5. The van der Waals surface area contributed by atoms with Crippen LogP contribution in [0, 0.1) is 23.0 Å². The summed E-state index contributed by atoms with van der Waals surface area (Å²) in [5.74, 6) is -0.357. The lowest BCUT2D eigenvalue weighted by atomic mass is 9.72. The Bertz CT molecular complexity index is 707. The van der Waals surface area contributed by atoms with Crippen molar-refractivity contribution >= 4 is 35.6 Å². The molecule has 8 heteroatoms. The van der Waals surface area contributed by atoms with Crippen molar-refractivity contribution in [1.29, 1.82) is 0 Å². The normalized spacial score (nSPS) is 21.0. The zero-order chi connectivity index (χ0) is 21.4. The van der Waals surface area contributed by atoms with Gasteiger partial charge in [-0.1, -0.05) is 19.3 Å². The first kappa shape index (κ1) is 26.1. The summed E-state index contributed by atoms with van der Waals surface area (Å²) in [7, 11) is 0. The number of aliphatic hydroxyl groups excluding tert-OH is 1. The van der Waals surface area contributed by atoms with Gasteiger partial charge in [0.25, 0.3) is 0 Å². The van der Waals surface area contributed by atoms with Gasteiger partial charge in [0, 0.05) is 51.1 Å². The van der Waals surface area contributed by atoms with Crippen molar-refractivity contribution in [2.45, 2.75) is 51.9 Å². The van der Waals surface area contributed by atoms with E-state index in [-0.39, 0.29) is 36.0 Å². The molecule has 1 unspecified atom stereocenters. The standard InChI is InChI=1S/C23H36F2N4O.HI/c1-2-26-22(28-17-23(11-13-30)9-4-3-5-10-23)27-15-18-8-12-29(16-18)19-6-7-20(24)21(25)14-19;/h6-7,14,18,30H,2-5,8-13,15-17H2,1H3,(H2,26,27,28);1H. The molecule has 1 saturated heterocycles. The SMILES string of the molecule is CCNC(=NCC1(CCO)CCCCC1)NCC1CCN(c2ccc(F)c(F)c2)C1.I. The Hall–Kier alpha value is -1.16. The molecule has 1 aliphatic heterocycles. The maximum atomic E-state index is 13.5. The number of hydrogen-bond donors (Lipinski definition) is 3. The molecule has 1 aromatic carbocycles. The third kappa shape index (κ3) is 7.44. The molecule has 0 spiro atoms. The van der Waals surface area contributed by atoms with E-state index in [1.807, 2.05) is 0 Å². The van der Waals surface area contributed by atoms with Gasteiger partial charge in [-0.2, -0.15) is 0 Å². The Labute approximate surface area is 202 Å². The molecule has 1 aromatic rings. The van der Waals surface area contributed by atoms with E-state index in [2.05, 4.69) is 22.5 Å².